The van der Waals surface area contributed by atoms with Gasteiger partial charge in [-0.2, -0.15) is 0 Å². The van der Waals surface area contributed by atoms with Crippen LogP contribution in [0, 0.1) is 0 Å². The quantitative estimate of drug-likeness (QED) is 0.141. The molecular weight excluding hydrogens is 508 g/mol. The lowest BCUT2D eigenvalue weighted by molar-refractivity contribution is 0.0210. The minimum absolute atomic E-state index is 0.0263. The van der Waals surface area contributed by atoms with Crippen molar-refractivity contribution in [1.29, 1.82) is 0 Å². The van der Waals surface area contributed by atoms with Crippen LogP contribution in [0.2, 0.25) is 0 Å². The van der Waals surface area contributed by atoms with Gasteiger partial charge in [-0.3, -0.25) is 4.79 Å². The fourth-order valence-electron chi connectivity index (χ4n) is 4.45. The second kappa shape index (κ2) is 9.51. The van der Waals surface area contributed by atoms with Gasteiger partial charge in [0.05, 0.1) is 5.56 Å². The standard InChI is InChI=1S/C29H22O10/c30-16-7-14(8-17(31)11-16)2-1-13-3-5-19(32)18(9-13)24-22(35)12-23-25(26(24)36)27(37)28(38)29(39-23)15-4-6-20(33)21(34)10-15/h1-12,28-36,38H/b2-1+/t28-,29+/m0/s1. The molecule has 2 atom stereocenters. The molecule has 0 spiro atoms. The van der Waals surface area contributed by atoms with E-state index in [2.05, 4.69) is 0 Å². The van der Waals surface area contributed by atoms with Crippen molar-refractivity contribution in [2.45, 2.75) is 12.2 Å². The maximum Gasteiger partial charge on any atom is 0.202 e. The molecule has 0 amide bonds. The van der Waals surface area contributed by atoms with Crippen LogP contribution in [0.4, 0.5) is 0 Å². The number of ether oxygens (including phenoxy) is 1. The summed E-state index contributed by atoms with van der Waals surface area (Å²) < 4.78 is 5.71. The van der Waals surface area contributed by atoms with E-state index in [4.69, 9.17) is 4.74 Å². The maximum atomic E-state index is 13.1. The molecule has 0 fully saturated rings. The van der Waals surface area contributed by atoms with Gasteiger partial charge in [0.25, 0.3) is 0 Å². The average molecular weight is 530 g/mol. The average Bonchev–Trinajstić information content (AvgIpc) is 2.87. The maximum absolute atomic E-state index is 13.1. The summed E-state index contributed by atoms with van der Waals surface area (Å²) in [6.07, 6.45) is 0.0717. The number of phenolic OH excluding ortho intramolecular Hbond substituents is 7. The molecule has 0 saturated heterocycles. The number of aliphatic hydroxyl groups is 1. The van der Waals surface area contributed by atoms with Crippen LogP contribution in [0.25, 0.3) is 23.3 Å². The molecule has 8 N–H and O–H groups in total. The number of benzene rings is 4. The van der Waals surface area contributed by atoms with Crippen molar-refractivity contribution in [2.75, 3.05) is 0 Å². The minimum Gasteiger partial charge on any atom is -0.508 e. The zero-order valence-corrected chi connectivity index (χ0v) is 20.0. The highest BCUT2D eigenvalue weighted by Gasteiger charge is 2.40. The summed E-state index contributed by atoms with van der Waals surface area (Å²) in [6.45, 7) is 0. The van der Waals surface area contributed by atoms with Gasteiger partial charge in [0.1, 0.15) is 40.1 Å². The van der Waals surface area contributed by atoms with E-state index >= 15 is 0 Å². The molecular formula is C29H22O10. The number of hydrogen-bond acceptors (Lipinski definition) is 10. The first kappa shape index (κ1) is 25.3. The predicted octanol–water partition coefficient (Wildman–Crippen LogP) is 4.14. The van der Waals surface area contributed by atoms with E-state index in [1.54, 1.807) is 18.2 Å². The van der Waals surface area contributed by atoms with Crippen molar-refractivity contribution >= 4 is 17.9 Å². The van der Waals surface area contributed by atoms with E-state index in [0.717, 1.165) is 18.2 Å². The number of Topliss-reactive ketones (excluding diaryl/α,β-unsaturated/α-hetero) is 1. The Labute approximate surface area is 220 Å². The van der Waals surface area contributed by atoms with Gasteiger partial charge in [-0.25, -0.2) is 0 Å². The summed E-state index contributed by atoms with van der Waals surface area (Å²) in [6, 6.07) is 13.0. The normalized spacial score (nSPS) is 16.7. The number of aromatic hydroxyl groups is 7. The number of carbonyl (C=O) groups excluding carboxylic acids is 1. The molecule has 0 aliphatic carbocycles. The van der Waals surface area contributed by atoms with Gasteiger partial charge in [-0.05, 0) is 53.1 Å². The molecule has 0 bridgehead atoms. The topological polar surface area (TPSA) is 188 Å². The van der Waals surface area contributed by atoms with Gasteiger partial charge in [-0.1, -0.05) is 24.3 Å². The lowest BCUT2D eigenvalue weighted by Crippen LogP contribution is -2.36. The fraction of sp³-hybridized carbons (Fsp3) is 0.0690. The fourth-order valence-corrected chi connectivity index (χ4v) is 4.45. The van der Waals surface area contributed by atoms with Crippen molar-refractivity contribution in [1.82, 2.24) is 0 Å². The van der Waals surface area contributed by atoms with Gasteiger partial charge in [0, 0.05) is 17.7 Å². The number of fused-ring (bicyclic) bond motifs is 1. The third-order valence-electron chi connectivity index (χ3n) is 6.31. The zero-order valence-electron chi connectivity index (χ0n) is 20.0. The minimum atomic E-state index is -1.80. The van der Waals surface area contributed by atoms with Crippen molar-refractivity contribution < 1.29 is 50.4 Å². The smallest absolute Gasteiger partial charge is 0.202 e. The number of carbonyl (C=O) groups is 1. The Bertz CT molecular complexity index is 1640. The van der Waals surface area contributed by atoms with E-state index in [1.165, 1.54) is 36.4 Å². The number of ketones is 1. The Hall–Kier alpha value is -5.35. The first-order valence-corrected chi connectivity index (χ1v) is 11.6. The molecule has 0 aromatic heterocycles. The molecule has 198 valence electrons. The van der Waals surface area contributed by atoms with Gasteiger partial charge in [0.15, 0.2) is 23.7 Å². The number of hydrogen-bond donors (Lipinski definition) is 8. The molecule has 0 radical (unpaired) electrons. The molecule has 1 heterocycles. The van der Waals surface area contributed by atoms with Gasteiger partial charge in [0.2, 0.25) is 5.78 Å². The van der Waals surface area contributed by atoms with E-state index in [9.17, 15) is 45.6 Å². The van der Waals surface area contributed by atoms with Crippen molar-refractivity contribution in [3.63, 3.8) is 0 Å². The monoisotopic (exact) mass is 530 g/mol. The Morgan fingerprint density at radius 2 is 1.31 bits per heavy atom. The van der Waals surface area contributed by atoms with Crippen molar-refractivity contribution in [3.8, 4) is 57.1 Å². The summed E-state index contributed by atoms with van der Waals surface area (Å²) in [7, 11) is 0. The molecule has 0 saturated carbocycles. The van der Waals surface area contributed by atoms with Crippen LogP contribution in [0.5, 0.6) is 46.0 Å². The Morgan fingerprint density at radius 3 is 2.00 bits per heavy atom. The summed E-state index contributed by atoms with van der Waals surface area (Å²) >= 11 is 0. The third kappa shape index (κ3) is 4.60. The van der Waals surface area contributed by atoms with Crippen LogP contribution >= 0.6 is 0 Å². The van der Waals surface area contributed by atoms with E-state index in [-0.39, 0.29) is 39.7 Å². The molecule has 1 aliphatic heterocycles. The summed E-state index contributed by atoms with van der Waals surface area (Å²) in [5, 5.41) is 81.8. The van der Waals surface area contributed by atoms with Crippen LogP contribution in [0.3, 0.4) is 0 Å². The van der Waals surface area contributed by atoms with E-state index in [1.807, 2.05) is 0 Å². The highest BCUT2D eigenvalue weighted by Crippen LogP contribution is 2.50. The number of aliphatic hydroxyl groups excluding tert-OH is 1. The van der Waals surface area contributed by atoms with E-state index in [0.29, 0.717) is 11.1 Å². The van der Waals surface area contributed by atoms with Crippen molar-refractivity contribution in [2.24, 2.45) is 0 Å². The van der Waals surface area contributed by atoms with Crippen LogP contribution in [0.15, 0.2) is 60.7 Å². The second-order valence-electron chi connectivity index (χ2n) is 8.98. The summed E-state index contributed by atoms with van der Waals surface area (Å²) in [5.74, 6) is -3.91. The zero-order chi connectivity index (χ0) is 28.0. The lowest BCUT2D eigenvalue weighted by Gasteiger charge is -2.31. The van der Waals surface area contributed by atoms with Crippen LogP contribution < -0.4 is 4.74 Å². The largest absolute Gasteiger partial charge is 0.508 e. The summed E-state index contributed by atoms with van der Waals surface area (Å²) in [4.78, 5) is 13.1. The van der Waals surface area contributed by atoms with Crippen LogP contribution in [-0.4, -0.2) is 52.7 Å². The van der Waals surface area contributed by atoms with E-state index < -0.39 is 46.6 Å². The van der Waals surface area contributed by atoms with Gasteiger partial charge in [-0.15, -0.1) is 0 Å². The first-order chi connectivity index (χ1) is 18.5. The van der Waals surface area contributed by atoms with Crippen LogP contribution in [0.1, 0.15) is 33.2 Å². The molecule has 5 rings (SSSR count). The third-order valence-corrected chi connectivity index (χ3v) is 6.31. The number of phenols is 7. The SMILES string of the molecule is O=C1c2c(cc(O)c(-c3cc(/C=C/c4cc(O)cc(O)c4)ccc3O)c2O)O[C@H](c2ccc(O)c(O)c2)[C@H]1O. The molecule has 4 aromatic carbocycles. The molecule has 0 unspecified atom stereocenters. The van der Waals surface area contributed by atoms with Crippen molar-refractivity contribution in [3.05, 3.63) is 82.9 Å². The molecule has 10 heteroatoms. The van der Waals surface area contributed by atoms with Crippen LogP contribution in [-0.2, 0) is 0 Å². The first-order valence-electron chi connectivity index (χ1n) is 11.6. The summed E-state index contributed by atoms with van der Waals surface area (Å²) in [5.41, 5.74) is 0.428. The highest BCUT2D eigenvalue weighted by molar-refractivity contribution is 6.08. The van der Waals surface area contributed by atoms with Gasteiger partial charge >= 0.3 is 0 Å². The number of rotatable bonds is 4. The Morgan fingerprint density at radius 1 is 0.641 bits per heavy atom. The molecule has 39 heavy (non-hydrogen) atoms. The molecule has 1 aliphatic rings. The van der Waals surface area contributed by atoms with Gasteiger partial charge < -0.3 is 45.6 Å². The Kier molecular flexibility index (Phi) is 6.17. The molecule has 4 aromatic rings. The Balaban J connectivity index is 1.55. The second-order valence-corrected chi connectivity index (χ2v) is 8.98. The highest BCUT2D eigenvalue weighted by atomic mass is 16.5. The predicted molar refractivity (Wildman–Crippen MR) is 139 cm³/mol. The lowest BCUT2D eigenvalue weighted by atomic mass is 9.89. The molecule has 10 nitrogen and oxygen atoms in total.